The molecule has 2 atom stereocenters. The highest BCUT2D eigenvalue weighted by Crippen LogP contribution is 2.11. The second-order valence-electron chi connectivity index (χ2n) is 4.48. The van der Waals surface area contributed by atoms with Crippen molar-refractivity contribution in [2.24, 2.45) is 0 Å². The normalized spacial score (nSPS) is 24.4. The lowest BCUT2D eigenvalue weighted by atomic mass is 10.2. The van der Waals surface area contributed by atoms with E-state index >= 15 is 0 Å². The lowest BCUT2D eigenvalue weighted by Crippen LogP contribution is -2.11. The van der Waals surface area contributed by atoms with E-state index in [1.54, 1.807) is 0 Å². The zero-order valence-corrected chi connectivity index (χ0v) is 10.3. The number of carbonyl (C=O) groups is 2. The van der Waals surface area contributed by atoms with Crippen molar-refractivity contribution in [2.75, 3.05) is 26.4 Å². The van der Waals surface area contributed by atoms with E-state index in [4.69, 9.17) is 18.9 Å². The highest BCUT2D eigenvalue weighted by Gasteiger charge is 2.24. The smallest absolute Gasteiger partial charge is 0.305 e. The average molecular weight is 258 g/mol. The molecule has 2 aliphatic rings. The topological polar surface area (TPSA) is 77.7 Å². The molecule has 2 fully saturated rings. The number of hydrogen-bond donors (Lipinski definition) is 0. The third kappa shape index (κ3) is 5.97. The highest BCUT2D eigenvalue weighted by molar-refractivity contribution is 5.70. The molecule has 0 aliphatic carbocycles. The molecular formula is C12H18O6. The van der Waals surface area contributed by atoms with Gasteiger partial charge in [0.05, 0.1) is 13.2 Å². The van der Waals surface area contributed by atoms with Gasteiger partial charge in [0.15, 0.2) is 0 Å². The zero-order chi connectivity index (χ0) is 12.8. The lowest BCUT2D eigenvalue weighted by molar-refractivity contribution is -0.146. The number of esters is 2. The third-order valence-corrected chi connectivity index (χ3v) is 2.68. The molecule has 0 radical (unpaired) electrons. The van der Waals surface area contributed by atoms with Crippen LogP contribution in [0.15, 0.2) is 0 Å². The van der Waals surface area contributed by atoms with Crippen molar-refractivity contribution in [1.29, 1.82) is 0 Å². The first kappa shape index (κ1) is 13.3. The predicted molar refractivity (Wildman–Crippen MR) is 59.9 cm³/mol. The van der Waals surface area contributed by atoms with E-state index < -0.39 is 0 Å². The molecule has 6 nitrogen and oxygen atoms in total. The van der Waals surface area contributed by atoms with Gasteiger partial charge in [-0.05, 0) is 12.8 Å². The molecule has 0 aromatic carbocycles. The van der Waals surface area contributed by atoms with Gasteiger partial charge in [-0.3, -0.25) is 9.59 Å². The summed E-state index contributed by atoms with van der Waals surface area (Å²) in [6.07, 6.45) is 2.16. The van der Waals surface area contributed by atoms with Crippen molar-refractivity contribution in [3.05, 3.63) is 0 Å². The molecule has 0 N–H and O–H groups in total. The Morgan fingerprint density at radius 2 is 1.28 bits per heavy atom. The summed E-state index contributed by atoms with van der Waals surface area (Å²) in [4.78, 5) is 22.5. The van der Waals surface area contributed by atoms with Crippen molar-refractivity contribution in [3.63, 3.8) is 0 Å². The molecule has 0 aromatic heterocycles. The van der Waals surface area contributed by atoms with Crippen LogP contribution in [0.3, 0.4) is 0 Å². The SMILES string of the molecule is O=C(CCCCC(=O)OCC1CO1)OCC1CO1. The first-order chi connectivity index (χ1) is 8.74. The first-order valence-corrected chi connectivity index (χ1v) is 6.28. The van der Waals surface area contributed by atoms with E-state index in [1.165, 1.54) is 0 Å². The fraction of sp³-hybridized carbons (Fsp3) is 0.833. The summed E-state index contributed by atoms with van der Waals surface area (Å²) < 4.78 is 19.8. The summed E-state index contributed by atoms with van der Waals surface area (Å²) in [6, 6.07) is 0. The molecule has 0 bridgehead atoms. The molecule has 2 saturated heterocycles. The predicted octanol–water partition coefficient (Wildman–Crippen LogP) is 0.431. The van der Waals surface area contributed by atoms with Crippen LogP contribution in [0.5, 0.6) is 0 Å². The van der Waals surface area contributed by atoms with Crippen LogP contribution >= 0.6 is 0 Å². The Labute approximate surface area is 106 Å². The van der Waals surface area contributed by atoms with Crippen LogP contribution < -0.4 is 0 Å². The zero-order valence-electron chi connectivity index (χ0n) is 10.3. The molecule has 2 unspecified atom stereocenters. The number of hydrogen-bond acceptors (Lipinski definition) is 6. The van der Waals surface area contributed by atoms with Gasteiger partial charge in [0.25, 0.3) is 0 Å². The van der Waals surface area contributed by atoms with Crippen molar-refractivity contribution < 1.29 is 28.5 Å². The number of ether oxygens (including phenoxy) is 4. The minimum atomic E-state index is -0.231. The molecule has 2 rings (SSSR count). The molecule has 2 heterocycles. The standard InChI is InChI=1S/C12H18O6/c13-11(17-7-9-5-15-9)3-1-2-4-12(14)18-8-10-6-16-10/h9-10H,1-8H2. The Kier molecular flexibility index (Phi) is 4.95. The molecule has 102 valence electrons. The molecular weight excluding hydrogens is 240 g/mol. The van der Waals surface area contributed by atoms with Gasteiger partial charge in [-0.1, -0.05) is 0 Å². The molecule has 18 heavy (non-hydrogen) atoms. The maximum Gasteiger partial charge on any atom is 0.305 e. The third-order valence-electron chi connectivity index (χ3n) is 2.68. The van der Waals surface area contributed by atoms with Gasteiger partial charge in [-0.2, -0.15) is 0 Å². The van der Waals surface area contributed by atoms with Crippen molar-refractivity contribution in [3.8, 4) is 0 Å². The number of epoxide rings is 2. The fourth-order valence-electron chi connectivity index (χ4n) is 1.38. The van der Waals surface area contributed by atoms with Crippen LogP contribution in [0.2, 0.25) is 0 Å². The Balaban J connectivity index is 1.39. The average Bonchev–Trinajstić information content (AvgIpc) is 3.23. The summed E-state index contributed by atoms with van der Waals surface area (Å²) >= 11 is 0. The van der Waals surface area contributed by atoms with Crippen molar-refractivity contribution >= 4 is 11.9 Å². The fourth-order valence-corrected chi connectivity index (χ4v) is 1.38. The van der Waals surface area contributed by atoms with E-state index in [2.05, 4.69) is 0 Å². The minimum absolute atomic E-state index is 0.105. The first-order valence-electron chi connectivity index (χ1n) is 6.28. The van der Waals surface area contributed by atoms with Gasteiger partial charge in [0, 0.05) is 12.8 Å². The van der Waals surface area contributed by atoms with Gasteiger partial charge in [0.1, 0.15) is 25.4 Å². The second kappa shape index (κ2) is 6.70. The molecule has 0 amide bonds. The summed E-state index contributed by atoms with van der Waals surface area (Å²) in [6.45, 7) is 2.07. The largest absolute Gasteiger partial charge is 0.463 e. The van der Waals surface area contributed by atoms with Crippen LogP contribution in [0.4, 0.5) is 0 Å². The Morgan fingerprint density at radius 1 is 0.889 bits per heavy atom. The van der Waals surface area contributed by atoms with Crippen molar-refractivity contribution in [2.45, 2.75) is 37.9 Å². The second-order valence-corrected chi connectivity index (χ2v) is 4.48. The highest BCUT2D eigenvalue weighted by atomic mass is 16.6. The van der Waals surface area contributed by atoms with Gasteiger partial charge in [0.2, 0.25) is 0 Å². The van der Waals surface area contributed by atoms with Crippen LogP contribution in [0, 0.1) is 0 Å². The minimum Gasteiger partial charge on any atom is -0.463 e. The number of unbranched alkanes of at least 4 members (excludes halogenated alkanes) is 1. The lowest BCUT2D eigenvalue weighted by Gasteiger charge is -2.03. The summed E-state index contributed by atoms with van der Waals surface area (Å²) in [5.74, 6) is -0.463. The van der Waals surface area contributed by atoms with E-state index in [0.29, 0.717) is 52.1 Å². The Bertz CT molecular complexity index is 265. The van der Waals surface area contributed by atoms with E-state index in [0.717, 1.165) is 0 Å². The monoisotopic (exact) mass is 258 g/mol. The van der Waals surface area contributed by atoms with Crippen LogP contribution in [-0.2, 0) is 28.5 Å². The molecule has 0 spiro atoms. The van der Waals surface area contributed by atoms with Crippen LogP contribution in [0.25, 0.3) is 0 Å². The summed E-state index contributed by atoms with van der Waals surface area (Å²) in [5.41, 5.74) is 0. The van der Waals surface area contributed by atoms with E-state index in [9.17, 15) is 9.59 Å². The summed E-state index contributed by atoms with van der Waals surface area (Å²) in [5, 5.41) is 0. The van der Waals surface area contributed by atoms with E-state index in [-0.39, 0.29) is 24.1 Å². The van der Waals surface area contributed by atoms with Crippen LogP contribution in [-0.4, -0.2) is 50.6 Å². The van der Waals surface area contributed by atoms with Gasteiger partial charge in [-0.25, -0.2) is 0 Å². The Morgan fingerprint density at radius 3 is 1.61 bits per heavy atom. The molecule has 0 aromatic rings. The van der Waals surface area contributed by atoms with Gasteiger partial charge >= 0.3 is 11.9 Å². The maximum atomic E-state index is 11.2. The van der Waals surface area contributed by atoms with E-state index in [1.807, 2.05) is 0 Å². The molecule has 2 aliphatic heterocycles. The van der Waals surface area contributed by atoms with Crippen LogP contribution in [0.1, 0.15) is 25.7 Å². The van der Waals surface area contributed by atoms with Gasteiger partial charge in [-0.15, -0.1) is 0 Å². The maximum absolute atomic E-state index is 11.2. The number of rotatable bonds is 9. The van der Waals surface area contributed by atoms with Crippen molar-refractivity contribution in [1.82, 2.24) is 0 Å². The molecule has 0 saturated carbocycles. The quantitative estimate of drug-likeness (QED) is 0.339. The summed E-state index contributed by atoms with van der Waals surface area (Å²) in [7, 11) is 0. The number of carbonyl (C=O) groups excluding carboxylic acids is 2. The molecule has 6 heteroatoms. The Hall–Kier alpha value is -1.14. The van der Waals surface area contributed by atoms with Gasteiger partial charge < -0.3 is 18.9 Å².